The summed E-state index contributed by atoms with van der Waals surface area (Å²) in [6.45, 7) is 14.1. The smallest absolute Gasteiger partial charge is 0.0541 e. The van der Waals surface area contributed by atoms with Gasteiger partial charge < -0.3 is 9.13 Å². The Morgan fingerprint density at radius 2 is 0.688 bits per heavy atom. The van der Waals surface area contributed by atoms with E-state index < -0.39 is 0 Å². The summed E-state index contributed by atoms with van der Waals surface area (Å²) in [6, 6.07) is 68.8. The first-order valence-corrected chi connectivity index (χ1v) is 22.7. The number of hydrogen-bond donors (Lipinski definition) is 0. The van der Waals surface area contributed by atoms with Crippen molar-refractivity contribution in [3.05, 3.63) is 215 Å². The number of benzene rings is 9. The average molecular weight is 821 g/mol. The number of rotatable bonds is 4. The van der Waals surface area contributed by atoms with Gasteiger partial charge in [0.1, 0.15) is 0 Å². The second-order valence-electron chi connectivity index (χ2n) is 19.6. The summed E-state index contributed by atoms with van der Waals surface area (Å²) in [5.41, 5.74) is 25.7. The summed E-state index contributed by atoms with van der Waals surface area (Å²) >= 11 is 0. The van der Waals surface area contributed by atoms with Crippen molar-refractivity contribution >= 4 is 43.6 Å². The van der Waals surface area contributed by atoms with Crippen LogP contribution in [0.15, 0.2) is 182 Å². The molecule has 0 bridgehead atoms. The predicted molar refractivity (Wildman–Crippen MR) is 271 cm³/mol. The van der Waals surface area contributed by atoms with E-state index in [1.807, 2.05) is 0 Å². The van der Waals surface area contributed by atoms with Gasteiger partial charge >= 0.3 is 0 Å². The van der Waals surface area contributed by atoms with Crippen LogP contribution in [-0.2, 0) is 10.8 Å². The Hall–Kier alpha value is -7.42. The summed E-state index contributed by atoms with van der Waals surface area (Å²) in [4.78, 5) is 0. The molecule has 2 aromatic heterocycles. The third kappa shape index (κ3) is 5.14. The summed E-state index contributed by atoms with van der Waals surface area (Å²) in [7, 11) is 0. The third-order valence-electron chi connectivity index (χ3n) is 15.0. The lowest BCUT2D eigenvalue weighted by atomic mass is 9.79. The van der Waals surface area contributed by atoms with Crippen LogP contribution in [0.25, 0.3) is 99.5 Å². The molecule has 2 nitrogen and oxygen atoms in total. The normalized spacial score (nSPS) is 14.3. The molecule has 2 aliphatic carbocycles. The topological polar surface area (TPSA) is 9.86 Å². The fourth-order valence-electron chi connectivity index (χ4n) is 11.8. The lowest BCUT2D eigenvalue weighted by Crippen LogP contribution is -2.17. The Balaban J connectivity index is 0.878. The molecule has 306 valence electrons. The minimum Gasteiger partial charge on any atom is -0.309 e. The predicted octanol–water partition coefficient (Wildman–Crippen LogP) is 16.4. The monoisotopic (exact) mass is 820 g/mol. The zero-order chi connectivity index (χ0) is 43.2. The SMILES string of the molecule is Cc1cc(C)cc(-n2c3ccccc3c3cc(-c4ccc5c(c4)C(C)(C)c4cc6c(cc4-5)C(C)(C)c4cc(-c5ccc7c(c5)c5ccccc5n7-c5ccccc5)ccc4-6)ccc32)c1. The zero-order valence-electron chi connectivity index (χ0n) is 37.2. The van der Waals surface area contributed by atoms with Crippen LogP contribution >= 0.6 is 0 Å². The molecule has 0 amide bonds. The van der Waals surface area contributed by atoms with Gasteiger partial charge in [0, 0.05) is 43.7 Å². The van der Waals surface area contributed by atoms with E-state index in [2.05, 4.69) is 233 Å². The average Bonchev–Trinajstić information content (AvgIpc) is 3.96. The maximum absolute atomic E-state index is 2.54. The summed E-state index contributed by atoms with van der Waals surface area (Å²) < 4.78 is 4.83. The highest BCUT2D eigenvalue weighted by atomic mass is 15.0. The molecule has 0 saturated carbocycles. The number of fused-ring (bicyclic) bond motifs is 12. The summed E-state index contributed by atoms with van der Waals surface area (Å²) in [6.07, 6.45) is 0. The van der Waals surface area contributed by atoms with Crippen molar-refractivity contribution in [2.75, 3.05) is 0 Å². The lowest BCUT2D eigenvalue weighted by Gasteiger charge is -2.24. The maximum Gasteiger partial charge on any atom is 0.0541 e. The van der Waals surface area contributed by atoms with Gasteiger partial charge in [0.2, 0.25) is 0 Å². The van der Waals surface area contributed by atoms with Crippen LogP contribution in [0.3, 0.4) is 0 Å². The molecule has 13 rings (SSSR count). The van der Waals surface area contributed by atoms with Crippen LogP contribution in [0.4, 0.5) is 0 Å². The molecule has 0 unspecified atom stereocenters. The Morgan fingerprint density at radius 3 is 1.19 bits per heavy atom. The van der Waals surface area contributed by atoms with Crippen molar-refractivity contribution in [3.8, 4) is 55.9 Å². The van der Waals surface area contributed by atoms with Crippen LogP contribution in [0.1, 0.15) is 61.1 Å². The van der Waals surface area contributed by atoms with E-state index in [-0.39, 0.29) is 10.8 Å². The van der Waals surface area contributed by atoms with E-state index in [9.17, 15) is 0 Å². The molecule has 9 aromatic carbocycles. The van der Waals surface area contributed by atoms with Gasteiger partial charge in [-0.15, -0.1) is 0 Å². The fraction of sp³-hybridized carbons (Fsp3) is 0.129. The van der Waals surface area contributed by atoms with Crippen molar-refractivity contribution in [2.24, 2.45) is 0 Å². The Kier molecular flexibility index (Phi) is 7.59. The third-order valence-corrected chi connectivity index (χ3v) is 15.0. The van der Waals surface area contributed by atoms with Gasteiger partial charge in [-0.25, -0.2) is 0 Å². The lowest BCUT2D eigenvalue weighted by molar-refractivity contribution is 0.652. The molecule has 2 heterocycles. The van der Waals surface area contributed by atoms with Crippen molar-refractivity contribution < 1.29 is 0 Å². The molecule has 2 heteroatoms. The Labute approximate surface area is 374 Å². The maximum atomic E-state index is 2.54. The molecule has 0 aliphatic heterocycles. The molecular weight excluding hydrogens is 773 g/mol. The molecule has 64 heavy (non-hydrogen) atoms. The molecule has 0 spiro atoms. The van der Waals surface area contributed by atoms with E-state index in [0.29, 0.717) is 0 Å². The van der Waals surface area contributed by atoms with Crippen LogP contribution in [0, 0.1) is 13.8 Å². The largest absolute Gasteiger partial charge is 0.309 e. The highest BCUT2D eigenvalue weighted by Gasteiger charge is 2.42. The minimum absolute atomic E-state index is 0.151. The van der Waals surface area contributed by atoms with Gasteiger partial charge in [0.05, 0.1) is 22.1 Å². The van der Waals surface area contributed by atoms with Crippen LogP contribution in [0.2, 0.25) is 0 Å². The van der Waals surface area contributed by atoms with Gasteiger partial charge in [0.25, 0.3) is 0 Å². The van der Waals surface area contributed by atoms with Gasteiger partial charge in [-0.2, -0.15) is 0 Å². The van der Waals surface area contributed by atoms with E-state index in [1.165, 1.54) is 133 Å². The molecule has 0 fully saturated rings. The van der Waals surface area contributed by atoms with E-state index >= 15 is 0 Å². The van der Waals surface area contributed by atoms with Gasteiger partial charge in [-0.1, -0.05) is 125 Å². The quantitative estimate of drug-likeness (QED) is 0.167. The molecular formula is C62H48N2. The number of hydrogen-bond acceptors (Lipinski definition) is 0. The highest BCUT2D eigenvalue weighted by Crippen LogP contribution is 2.57. The first-order valence-electron chi connectivity index (χ1n) is 22.7. The highest BCUT2D eigenvalue weighted by molar-refractivity contribution is 6.12. The van der Waals surface area contributed by atoms with E-state index in [0.717, 1.165) is 0 Å². The Bertz CT molecular complexity index is 3770. The number of aryl methyl sites for hydroxylation is 2. The first kappa shape index (κ1) is 37.2. The van der Waals surface area contributed by atoms with E-state index in [4.69, 9.17) is 0 Å². The molecule has 2 aliphatic rings. The van der Waals surface area contributed by atoms with E-state index in [1.54, 1.807) is 0 Å². The summed E-state index contributed by atoms with van der Waals surface area (Å²) in [5.74, 6) is 0. The molecule has 0 radical (unpaired) electrons. The van der Waals surface area contributed by atoms with Crippen molar-refractivity contribution in [1.82, 2.24) is 9.13 Å². The zero-order valence-corrected chi connectivity index (χ0v) is 37.2. The second kappa shape index (κ2) is 13.1. The molecule has 0 saturated heterocycles. The Morgan fingerprint density at radius 1 is 0.297 bits per heavy atom. The van der Waals surface area contributed by atoms with Crippen LogP contribution in [0.5, 0.6) is 0 Å². The van der Waals surface area contributed by atoms with Crippen LogP contribution in [-0.4, -0.2) is 9.13 Å². The van der Waals surface area contributed by atoms with Gasteiger partial charge in [-0.3, -0.25) is 0 Å². The first-order chi connectivity index (χ1) is 31.0. The summed E-state index contributed by atoms with van der Waals surface area (Å²) in [5, 5.41) is 5.12. The van der Waals surface area contributed by atoms with Gasteiger partial charge in [-0.05, 0) is 177 Å². The fourth-order valence-corrected chi connectivity index (χ4v) is 11.8. The minimum atomic E-state index is -0.153. The number of aromatic nitrogens is 2. The van der Waals surface area contributed by atoms with Crippen molar-refractivity contribution in [1.29, 1.82) is 0 Å². The van der Waals surface area contributed by atoms with Gasteiger partial charge in [0.15, 0.2) is 0 Å². The number of para-hydroxylation sites is 3. The van der Waals surface area contributed by atoms with Crippen molar-refractivity contribution in [2.45, 2.75) is 52.4 Å². The van der Waals surface area contributed by atoms with Crippen molar-refractivity contribution in [3.63, 3.8) is 0 Å². The molecule has 0 N–H and O–H groups in total. The second-order valence-corrected chi connectivity index (χ2v) is 19.6. The number of nitrogens with zero attached hydrogens (tertiary/aromatic N) is 2. The standard InChI is InChI=1S/C62H48N2/c1-37-28-38(2)30-44(29-37)64-58-19-13-11-17-48(58)52-32-40(23-27-60(52)64)42-21-25-46-50-36-55-49(35-56(50)62(5,6)54(46)34-42)45-24-20-41(33-53(45)61(55,3)4)39-22-26-59-51(31-39)47-16-10-12-18-57(47)63(59)43-14-8-7-9-15-43/h7-36H,1-6H3. The molecule has 11 aromatic rings. The van der Waals surface area contributed by atoms with Crippen LogP contribution < -0.4 is 0 Å². The molecule has 0 atom stereocenters.